The number of nitrogens with one attached hydrogen (secondary N) is 1. The molecule has 4 rings (SSSR count). The lowest BCUT2D eigenvalue weighted by Gasteiger charge is -2.44. The number of anilines is 1. The van der Waals surface area contributed by atoms with Crippen LogP contribution in [0.5, 0.6) is 5.75 Å². The van der Waals surface area contributed by atoms with Crippen molar-refractivity contribution in [3.63, 3.8) is 0 Å². The molecule has 1 aliphatic rings. The number of pyridine rings is 1. The van der Waals surface area contributed by atoms with Gasteiger partial charge in [-0.15, -0.1) is 5.10 Å². The highest BCUT2D eigenvalue weighted by Crippen LogP contribution is 2.29. The molecule has 0 bridgehead atoms. The number of amides is 1. The van der Waals surface area contributed by atoms with Gasteiger partial charge >= 0.3 is 0 Å². The number of aliphatic hydroxyl groups is 1. The minimum Gasteiger partial charge on any atom is -0.493 e. The molecule has 1 saturated heterocycles. The second-order valence-corrected chi connectivity index (χ2v) is 9.52. The Hall–Kier alpha value is -2.88. The summed E-state index contributed by atoms with van der Waals surface area (Å²) in [6.07, 6.45) is 1.57. The number of hydrogen-bond acceptors (Lipinski definition) is 7. The van der Waals surface area contributed by atoms with Crippen molar-refractivity contribution in [3.05, 3.63) is 52.7 Å². The van der Waals surface area contributed by atoms with Crippen molar-refractivity contribution in [1.29, 1.82) is 0 Å². The molecule has 3 heterocycles. The van der Waals surface area contributed by atoms with E-state index >= 15 is 0 Å². The average molecular weight is 488 g/mol. The van der Waals surface area contributed by atoms with E-state index in [1.807, 2.05) is 38.1 Å². The van der Waals surface area contributed by atoms with Crippen molar-refractivity contribution in [3.8, 4) is 5.75 Å². The molecule has 0 radical (unpaired) electrons. The Morgan fingerprint density at radius 2 is 2.24 bits per heavy atom. The van der Waals surface area contributed by atoms with E-state index in [9.17, 15) is 9.90 Å². The van der Waals surface area contributed by atoms with Gasteiger partial charge in [0.15, 0.2) is 11.4 Å². The predicted octanol–water partition coefficient (Wildman–Crippen LogP) is 3.39. The van der Waals surface area contributed by atoms with Crippen LogP contribution in [0.3, 0.4) is 0 Å². The molecule has 34 heavy (non-hydrogen) atoms. The van der Waals surface area contributed by atoms with Gasteiger partial charge in [-0.3, -0.25) is 4.79 Å². The van der Waals surface area contributed by atoms with E-state index in [1.54, 1.807) is 28.6 Å². The number of hydrogen-bond donors (Lipinski definition) is 2. The van der Waals surface area contributed by atoms with E-state index in [2.05, 4.69) is 15.4 Å². The molecule has 3 aromatic rings. The zero-order valence-electron chi connectivity index (χ0n) is 19.8. The summed E-state index contributed by atoms with van der Waals surface area (Å²) in [5.41, 5.74) is 1.32. The molecule has 1 amide bonds. The van der Waals surface area contributed by atoms with Crippen LogP contribution >= 0.6 is 11.6 Å². The second kappa shape index (κ2) is 9.77. The summed E-state index contributed by atoms with van der Waals surface area (Å²) in [6, 6.07) is 9.11. The maximum atomic E-state index is 13.5. The molecule has 3 unspecified atom stereocenters. The topological polar surface area (TPSA) is 101 Å². The van der Waals surface area contributed by atoms with Gasteiger partial charge in [-0.1, -0.05) is 23.7 Å². The van der Waals surface area contributed by atoms with Crippen LogP contribution in [-0.4, -0.2) is 68.5 Å². The smallest absolute Gasteiger partial charge is 0.255 e. The van der Waals surface area contributed by atoms with Crippen LogP contribution in [0.4, 0.5) is 5.95 Å². The van der Waals surface area contributed by atoms with E-state index in [1.165, 1.54) is 7.11 Å². The fourth-order valence-electron chi connectivity index (χ4n) is 4.29. The molecule has 2 aromatic heterocycles. The zero-order chi connectivity index (χ0) is 24.5. The first-order valence-corrected chi connectivity index (χ1v) is 11.6. The van der Waals surface area contributed by atoms with Crippen LogP contribution in [0.2, 0.25) is 5.02 Å². The van der Waals surface area contributed by atoms with Gasteiger partial charge in [0.2, 0.25) is 5.95 Å². The number of carbonyl (C=O) groups excluding carboxylic acids is 1. The second-order valence-electron chi connectivity index (χ2n) is 9.08. The first kappa shape index (κ1) is 24.3. The Morgan fingerprint density at radius 1 is 1.44 bits per heavy atom. The summed E-state index contributed by atoms with van der Waals surface area (Å²) in [7, 11) is 1.54. The highest BCUT2D eigenvalue weighted by atomic mass is 35.5. The minimum absolute atomic E-state index is 0.109. The summed E-state index contributed by atoms with van der Waals surface area (Å²) < 4.78 is 13.0. The summed E-state index contributed by atoms with van der Waals surface area (Å²) in [5, 5.41) is 18.2. The van der Waals surface area contributed by atoms with Crippen molar-refractivity contribution in [2.24, 2.45) is 0 Å². The number of nitrogens with zero attached hydrogens (tertiary/aromatic N) is 4. The molecule has 0 aliphatic carbocycles. The van der Waals surface area contributed by atoms with Crippen LogP contribution in [-0.2, 0) is 11.3 Å². The van der Waals surface area contributed by atoms with Gasteiger partial charge in [-0.2, -0.15) is 4.98 Å². The van der Waals surface area contributed by atoms with Crippen molar-refractivity contribution in [2.45, 2.75) is 51.5 Å². The highest BCUT2D eigenvalue weighted by Gasteiger charge is 2.39. The first-order chi connectivity index (χ1) is 16.2. The lowest BCUT2D eigenvalue weighted by molar-refractivity contribution is -0.124. The number of fused-ring (bicyclic) bond motifs is 1. The van der Waals surface area contributed by atoms with E-state index in [0.717, 1.165) is 5.56 Å². The number of benzene rings is 1. The van der Waals surface area contributed by atoms with E-state index in [-0.39, 0.29) is 11.9 Å². The van der Waals surface area contributed by atoms with Crippen LogP contribution < -0.4 is 10.1 Å². The molecular formula is C24H30ClN5O4. The van der Waals surface area contributed by atoms with Gasteiger partial charge in [-0.25, -0.2) is 4.52 Å². The van der Waals surface area contributed by atoms with Gasteiger partial charge < -0.3 is 24.8 Å². The molecule has 1 aliphatic heterocycles. The quantitative estimate of drug-likeness (QED) is 0.526. The Morgan fingerprint density at radius 3 is 2.94 bits per heavy atom. The fraction of sp³-hybridized carbons (Fsp3) is 0.458. The Bertz CT molecular complexity index is 1180. The lowest BCUT2D eigenvalue weighted by Crippen LogP contribution is -2.57. The van der Waals surface area contributed by atoms with Crippen molar-refractivity contribution < 1.29 is 19.4 Å². The van der Waals surface area contributed by atoms with E-state index in [0.29, 0.717) is 54.0 Å². The first-order valence-electron chi connectivity index (χ1n) is 11.2. The third-order valence-electron chi connectivity index (χ3n) is 5.90. The van der Waals surface area contributed by atoms with Crippen LogP contribution in [0.1, 0.15) is 43.1 Å². The highest BCUT2D eigenvalue weighted by molar-refractivity contribution is 6.30. The minimum atomic E-state index is -0.616. The number of rotatable bonds is 7. The SMILES string of the molecule is COc1cc(C(=O)N2CC(C)(CC(C)O)OCC2C)cn2nc(NCc3cccc(Cl)c3)nc12. The number of halogens is 1. The molecule has 9 nitrogen and oxygen atoms in total. The number of morpholine rings is 1. The van der Waals surface area contributed by atoms with Crippen molar-refractivity contribution >= 4 is 29.1 Å². The van der Waals surface area contributed by atoms with Crippen LogP contribution in [0, 0.1) is 0 Å². The normalized spacial score (nSPS) is 21.5. The van der Waals surface area contributed by atoms with Gasteiger partial charge in [-0.05, 0) is 44.5 Å². The molecule has 10 heteroatoms. The number of aliphatic hydroxyl groups excluding tert-OH is 1. The molecule has 0 spiro atoms. The molecular weight excluding hydrogens is 458 g/mol. The largest absolute Gasteiger partial charge is 0.493 e. The maximum Gasteiger partial charge on any atom is 0.255 e. The summed E-state index contributed by atoms with van der Waals surface area (Å²) in [5.74, 6) is 0.700. The summed E-state index contributed by atoms with van der Waals surface area (Å²) >= 11 is 6.06. The van der Waals surface area contributed by atoms with Crippen LogP contribution in [0.15, 0.2) is 36.5 Å². The molecule has 1 aromatic carbocycles. The summed E-state index contributed by atoms with van der Waals surface area (Å²) in [4.78, 5) is 19.8. The van der Waals surface area contributed by atoms with Gasteiger partial charge in [0, 0.05) is 24.2 Å². The van der Waals surface area contributed by atoms with Gasteiger partial charge in [0.1, 0.15) is 0 Å². The average Bonchev–Trinajstić information content (AvgIpc) is 3.21. The third kappa shape index (κ3) is 5.27. The standard InChI is InChI=1S/C24H30ClN5O4/c1-15-13-34-24(3,10-16(2)31)14-29(15)22(32)18-9-20(33-4)21-27-23(28-30(21)12-18)26-11-17-6-5-7-19(25)8-17/h5-9,12,15-16,31H,10-11,13-14H2,1-4H3,(H,26,28). The maximum absolute atomic E-state index is 13.5. The van der Waals surface area contributed by atoms with E-state index in [4.69, 9.17) is 21.1 Å². The Labute approximate surface area is 203 Å². The predicted molar refractivity (Wildman–Crippen MR) is 129 cm³/mol. The zero-order valence-corrected chi connectivity index (χ0v) is 20.5. The van der Waals surface area contributed by atoms with Gasteiger partial charge in [0.05, 0.1) is 43.6 Å². The summed E-state index contributed by atoms with van der Waals surface area (Å²) in [6.45, 7) is 6.87. The van der Waals surface area contributed by atoms with E-state index < -0.39 is 11.7 Å². The van der Waals surface area contributed by atoms with Crippen molar-refractivity contribution in [2.75, 3.05) is 25.6 Å². The molecule has 1 fully saturated rings. The number of methoxy groups -OCH3 is 1. The number of aromatic nitrogens is 3. The molecule has 0 saturated carbocycles. The fourth-order valence-corrected chi connectivity index (χ4v) is 4.50. The van der Waals surface area contributed by atoms with Gasteiger partial charge in [0.25, 0.3) is 5.91 Å². The van der Waals surface area contributed by atoms with Crippen LogP contribution in [0.25, 0.3) is 5.65 Å². The monoisotopic (exact) mass is 487 g/mol. The lowest BCUT2D eigenvalue weighted by atomic mass is 9.95. The van der Waals surface area contributed by atoms with Crippen molar-refractivity contribution in [1.82, 2.24) is 19.5 Å². The molecule has 182 valence electrons. The number of ether oxygens (including phenoxy) is 2. The molecule has 3 atom stereocenters. The third-order valence-corrected chi connectivity index (χ3v) is 6.14. The molecule has 2 N–H and O–H groups in total. The number of carbonyl (C=O) groups is 1. The Balaban J connectivity index is 1.58. The Kier molecular flexibility index (Phi) is 6.97.